The first-order valence-electron chi connectivity index (χ1n) is 8.91. The van der Waals surface area contributed by atoms with Crippen molar-refractivity contribution in [3.8, 4) is 0 Å². The Labute approximate surface area is 146 Å². The number of nitrogens with zero attached hydrogens (tertiary/aromatic N) is 2. The van der Waals surface area contributed by atoms with Crippen LogP contribution in [-0.2, 0) is 24.1 Å². The van der Waals surface area contributed by atoms with Crippen LogP contribution in [0.5, 0.6) is 0 Å². The topological polar surface area (TPSA) is 58.2 Å². The number of hydrogen-bond acceptors (Lipinski definition) is 5. The first-order valence-corrected chi connectivity index (χ1v) is 9.72. The van der Waals surface area contributed by atoms with E-state index in [0.717, 1.165) is 42.0 Å². The van der Waals surface area contributed by atoms with Crippen LogP contribution in [0.1, 0.15) is 43.5 Å². The first kappa shape index (κ1) is 16.2. The Hall–Kier alpha value is -1.24. The number of fused-ring (bicyclic) bond motifs is 3. The fraction of sp³-hybridized carbons (Fsp3) is 0.667. The monoisotopic (exact) mass is 347 g/mol. The van der Waals surface area contributed by atoms with E-state index in [2.05, 4.69) is 30.7 Å². The lowest BCUT2D eigenvalue weighted by atomic mass is 9.89. The van der Waals surface area contributed by atoms with Gasteiger partial charge in [0.1, 0.15) is 10.7 Å². The maximum absolute atomic E-state index is 12.7. The Balaban J connectivity index is 1.65. The van der Waals surface area contributed by atoms with Crippen molar-refractivity contribution in [2.24, 2.45) is 5.92 Å². The van der Waals surface area contributed by atoms with E-state index in [-0.39, 0.29) is 17.8 Å². The van der Waals surface area contributed by atoms with Gasteiger partial charge in [-0.3, -0.25) is 9.69 Å². The summed E-state index contributed by atoms with van der Waals surface area (Å²) in [5, 5.41) is 0.842. The molecule has 2 aromatic heterocycles. The van der Waals surface area contributed by atoms with Gasteiger partial charge in [-0.25, -0.2) is 4.98 Å². The lowest BCUT2D eigenvalue weighted by Crippen LogP contribution is -2.45. The molecule has 1 N–H and O–H groups in total. The minimum absolute atomic E-state index is 0.0383. The number of rotatable bonds is 2. The van der Waals surface area contributed by atoms with Gasteiger partial charge in [0.25, 0.3) is 5.56 Å². The first-order chi connectivity index (χ1) is 11.5. The van der Waals surface area contributed by atoms with E-state index in [1.807, 2.05) is 0 Å². The molecule has 5 nitrogen and oxygen atoms in total. The number of aromatic nitrogens is 2. The minimum atomic E-state index is 0.0383. The van der Waals surface area contributed by atoms with E-state index in [1.165, 1.54) is 16.9 Å². The molecule has 24 heavy (non-hydrogen) atoms. The number of aryl methyl sites for hydroxylation is 1. The van der Waals surface area contributed by atoms with Gasteiger partial charge in [-0.15, -0.1) is 11.3 Å². The number of H-pyrrole nitrogens is 1. The lowest BCUT2D eigenvalue weighted by Gasteiger charge is -2.34. The predicted molar refractivity (Wildman–Crippen MR) is 96.7 cm³/mol. The second kappa shape index (κ2) is 6.24. The summed E-state index contributed by atoms with van der Waals surface area (Å²) >= 11 is 1.72. The Morgan fingerprint density at radius 2 is 2.04 bits per heavy atom. The summed E-state index contributed by atoms with van der Waals surface area (Å²) in [4.78, 5) is 25.1. The molecule has 4 rings (SSSR count). The van der Waals surface area contributed by atoms with E-state index in [1.54, 1.807) is 11.3 Å². The summed E-state index contributed by atoms with van der Waals surface area (Å²) in [7, 11) is 0. The van der Waals surface area contributed by atoms with Crippen molar-refractivity contribution < 1.29 is 4.74 Å². The largest absolute Gasteiger partial charge is 0.373 e. The molecule has 1 aliphatic heterocycles. The second-order valence-electron chi connectivity index (χ2n) is 7.50. The third kappa shape index (κ3) is 3.03. The van der Waals surface area contributed by atoms with Gasteiger partial charge in [0, 0.05) is 18.0 Å². The second-order valence-corrected chi connectivity index (χ2v) is 8.58. The average Bonchev–Trinajstić information content (AvgIpc) is 2.83. The molecule has 2 aliphatic rings. The van der Waals surface area contributed by atoms with E-state index < -0.39 is 0 Å². The van der Waals surface area contributed by atoms with Crippen molar-refractivity contribution >= 4 is 21.6 Å². The smallest absolute Gasteiger partial charge is 0.259 e. The van der Waals surface area contributed by atoms with Gasteiger partial charge in [-0.1, -0.05) is 6.92 Å². The van der Waals surface area contributed by atoms with Crippen LogP contribution < -0.4 is 5.56 Å². The van der Waals surface area contributed by atoms with Crippen LogP contribution in [-0.4, -0.2) is 40.2 Å². The summed E-state index contributed by atoms with van der Waals surface area (Å²) in [6.45, 7) is 8.92. The molecule has 3 heterocycles. The number of morpholine rings is 1. The predicted octanol–water partition coefficient (Wildman–Crippen LogP) is 2.72. The van der Waals surface area contributed by atoms with Crippen molar-refractivity contribution in [2.45, 2.75) is 58.8 Å². The molecule has 1 fully saturated rings. The molecular formula is C18H25N3O2S. The number of thiophene rings is 1. The molecule has 2 aromatic rings. The van der Waals surface area contributed by atoms with E-state index >= 15 is 0 Å². The van der Waals surface area contributed by atoms with Gasteiger partial charge in [0.15, 0.2) is 0 Å². The summed E-state index contributed by atoms with van der Waals surface area (Å²) < 4.78 is 5.78. The van der Waals surface area contributed by atoms with Gasteiger partial charge >= 0.3 is 0 Å². The fourth-order valence-corrected chi connectivity index (χ4v) is 5.50. The number of aromatic amines is 1. The molecule has 1 saturated heterocycles. The van der Waals surface area contributed by atoms with Crippen molar-refractivity contribution in [1.29, 1.82) is 0 Å². The molecular weight excluding hydrogens is 322 g/mol. The molecule has 0 unspecified atom stereocenters. The van der Waals surface area contributed by atoms with Gasteiger partial charge in [-0.2, -0.15) is 0 Å². The van der Waals surface area contributed by atoms with E-state index in [9.17, 15) is 4.79 Å². The Morgan fingerprint density at radius 1 is 1.29 bits per heavy atom. The summed E-state index contributed by atoms with van der Waals surface area (Å²) in [6, 6.07) is 0. The molecule has 0 spiro atoms. The summed E-state index contributed by atoms with van der Waals surface area (Å²) in [5.41, 5.74) is 1.29. The number of nitrogens with one attached hydrogen (secondary N) is 1. The molecule has 1 aliphatic carbocycles. The van der Waals surface area contributed by atoms with Gasteiger partial charge in [0.2, 0.25) is 0 Å². The fourth-order valence-electron chi connectivity index (χ4n) is 4.09. The molecule has 0 radical (unpaired) electrons. The zero-order valence-electron chi connectivity index (χ0n) is 14.6. The zero-order chi connectivity index (χ0) is 16.8. The molecule has 0 amide bonds. The SMILES string of the molecule is C[C@@H]1CCc2c(sc3nc(CN4C[C@@H](C)O[C@@H](C)C4)[nH]c(=O)c23)C1. The molecule has 0 aromatic carbocycles. The van der Waals surface area contributed by atoms with Crippen LogP contribution in [0.4, 0.5) is 0 Å². The van der Waals surface area contributed by atoms with E-state index in [4.69, 9.17) is 9.72 Å². The Morgan fingerprint density at radius 3 is 2.79 bits per heavy atom. The standard InChI is InChI=1S/C18H25N3O2S/c1-10-4-5-13-14(6-10)24-18-16(13)17(22)19-15(20-18)9-21-7-11(2)23-12(3)8-21/h10-12H,4-9H2,1-3H3,(H,19,20,22)/t10-,11-,12+/m1/s1. The third-order valence-electron chi connectivity index (χ3n) is 5.08. The normalized spacial score (nSPS) is 28.2. The Bertz CT molecular complexity index is 802. The number of hydrogen-bond donors (Lipinski definition) is 1. The lowest BCUT2D eigenvalue weighted by molar-refractivity contribution is -0.0710. The molecule has 0 bridgehead atoms. The highest BCUT2D eigenvalue weighted by Gasteiger charge is 2.25. The van der Waals surface area contributed by atoms with Crippen LogP contribution >= 0.6 is 11.3 Å². The van der Waals surface area contributed by atoms with Crippen molar-refractivity contribution in [3.05, 3.63) is 26.6 Å². The molecule has 130 valence electrons. The van der Waals surface area contributed by atoms with Crippen molar-refractivity contribution in [1.82, 2.24) is 14.9 Å². The highest BCUT2D eigenvalue weighted by atomic mass is 32.1. The maximum Gasteiger partial charge on any atom is 0.259 e. The number of ether oxygens (including phenoxy) is 1. The quantitative estimate of drug-likeness (QED) is 0.907. The van der Waals surface area contributed by atoms with Crippen molar-refractivity contribution in [2.75, 3.05) is 13.1 Å². The van der Waals surface area contributed by atoms with Gasteiger partial charge in [-0.05, 0) is 44.6 Å². The van der Waals surface area contributed by atoms with Crippen LogP contribution in [0.15, 0.2) is 4.79 Å². The summed E-state index contributed by atoms with van der Waals surface area (Å²) in [5.74, 6) is 1.49. The van der Waals surface area contributed by atoms with E-state index in [0.29, 0.717) is 12.5 Å². The highest BCUT2D eigenvalue weighted by Crippen LogP contribution is 2.35. The zero-order valence-corrected chi connectivity index (χ0v) is 15.4. The van der Waals surface area contributed by atoms with Crippen LogP contribution in [0.25, 0.3) is 10.2 Å². The molecule has 3 atom stereocenters. The minimum Gasteiger partial charge on any atom is -0.373 e. The highest BCUT2D eigenvalue weighted by molar-refractivity contribution is 7.18. The van der Waals surface area contributed by atoms with Gasteiger partial charge < -0.3 is 9.72 Å². The van der Waals surface area contributed by atoms with Gasteiger partial charge in [0.05, 0.1) is 24.1 Å². The van der Waals surface area contributed by atoms with Crippen LogP contribution in [0.2, 0.25) is 0 Å². The van der Waals surface area contributed by atoms with Crippen LogP contribution in [0.3, 0.4) is 0 Å². The van der Waals surface area contributed by atoms with Crippen LogP contribution in [0, 0.1) is 5.92 Å². The molecule has 6 heteroatoms. The maximum atomic E-state index is 12.7. The third-order valence-corrected chi connectivity index (χ3v) is 6.23. The molecule has 0 saturated carbocycles. The summed E-state index contributed by atoms with van der Waals surface area (Å²) in [6.07, 6.45) is 3.71. The Kier molecular flexibility index (Phi) is 4.22. The average molecular weight is 347 g/mol. The van der Waals surface area contributed by atoms with Crippen molar-refractivity contribution in [3.63, 3.8) is 0 Å².